The lowest BCUT2D eigenvalue weighted by Crippen LogP contribution is -2.51. The highest BCUT2D eigenvalue weighted by atomic mass is 16.5. The molecule has 2 aliphatic rings. The minimum Gasteiger partial charge on any atom is -0.496 e. The standard InChI is InChI=1S/C18H26N2O3/c1-22-16-7-4-3-6-15(16)14-8-11-20(12-14)17(21)19-13-18(23-2)9-5-10-18/h3-4,6-7,14H,5,8-13H2,1-2H3,(H,19,21). The zero-order valence-electron chi connectivity index (χ0n) is 14.0. The van der Waals surface area contributed by atoms with Crippen LogP contribution in [0.4, 0.5) is 4.79 Å². The molecule has 3 rings (SSSR count). The molecule has 0 aromatic heterocycles. The molecule has 23 heavy (non-hydrogen) atoms. The lowest BCUT2D eigenvalue weighted by atomic mass is 9.80. The highest BCUT2D eigenvalue weighted by Crippen LogP contribution is 2.35. The van der Waals surface area contributed by atoms with Crippen LogP contribution in [-0.4, -0.2) is 50.4 Å². The van der Waals surface area contributed by atoms with Gasteiger partial charge in [0, 0.05) is 32.7 Å². The second-order valence-electron chi connectivity index (χ2n) is 6.57. The van der Waals surface area contributed by atoms with Crippen molar-refractivity contribution in [2.24, 2.45) is 0 Å². The summed E-state index contributed by atoms with van der Waals surface area (Å²) in [6.45, 7) is 2.14. The van der Waals surface area contributed by atoms with E-state index < -0.39 is 0 Å². The minimum absolute atomic E-state index is 0.0192. The smallest absolute Gasteiger partial charge is 0.317 e. The molecular weight excluding hydrogens is 292 g/mol. The Kier molecular flexibility index (Phi) is 4.76. The number of hydrogen-bond acceptors (Lipinski definition) is 3. The third-order valence-corrected chi connectivity index (χ3v) is 5.31. The zero-order chi connectivity index (χ0) is 16.3. The third kappa shape index (κ3) is 3.29. The maximum Gasteiger partial charge on any atom is 0.317 e. The van der Waals surface area contributed by atoms with E-state index in [9.17, 15) is 4.79 Å². The summed E-state index contributed by atoms with van der Waals surface area (Å²) in [4.78, 5) is 14.3. The normalized spacial score (nSPS) is 22.5. The van der Waals surface area contributed by atoms with Crippen molar-refractivity contribution in [1.29, 1.82) is 0 Å². The number of para-hydroxylation sites is 1. The topological polar surface area (TPSA) is 50.8 Å². The lowest BCUT2D eigenvalue weighted by molar-refractivity contribution is -0.0678. The Morgan fingerprint density at radius 2 is 2.13 bits per heavy atom. The predicted octanol–water partition coefficient (Wildman–Crippen LogP) is 2.76. The average Bonchev–Trinajstić information content (AvgIpc) is 3.04. The second-order valence-corrected chi connectivity index (χ2v) is 6.57. The van der Waals surface area contributed by atoms with Crippen molar-refractivity contribution in [2.45, 2.75) is 37.2 Å². The molecule has 1 aromatic carbocycles. The van der Waals surface area contributed by atoms with Crippen molar-refractivity contribution in [3.05, 3.63) is 29.8 Å². The predicted molar refractivity (Wildman–Crippen MR) is 88.9 cm³/mol. The van der Waals surface area contributed by atoms with Gasteiger partial charge in [0.1, 0.15) is 5.75 Å². The number of hydrogen-bond donors (Lipinski definition) is 1. The Labute approximate surface area is 137 Å². The van der Waals surface area contributed by atoms with Gasteiger partial charge in [-0.3, -0.25) is 0 Å². The maximum atomic E-state index is 12.4. The molecule has 1 saturated carbocycles. The average molecular weight is 318 g/mol. The molecule has 0 bridgehead atoms. The van der Waals surface area contributed by atoms with Crippen molar-refractivity contribution < 1.29 is 14.3 Å². The van der Waals surface area contributed by atoms with Crippen LogP contribution in [0, 0.1) is 0 Å². The number of nitrogens with zero attached hydrogens (tertiary/aromatic N) is 1. The molecule has 1 unspecified atom stereocenters. The maximum absolute atomic E-state index is 12.4. The van der Waals surface area contributed by atoms with Crippen LogP contribution in [0.3, 0.4) is 0 Å². The van der Waals surface area contributed by atoms with E-state index in [-0.39, 0.29) is 11.6 Å². The molecule has 2 amide bonds. The third-order valence-electron chi connectivity index (χ3n) is 5.31. The van der Waals surface area contributed by atoms with Gasteiger partial charge in [-0.2, -0.15) is 0 Å². The summed E-state index contributed by atoms with van der Waals surface area (Å²) in [6, 6.07) is 8.10. The van der Waals surface area contributed by atoms with E-state index in [2.05, 4.69) is 11.4 Å². The van der Waals surface area contributed by atoms with Crippen LogP contribution < -0.4 is 10.1 Å². The first-order chi connectivity index (χ1) is 11.2. The van der Waals surface area contributed by atoms with Crippen LogP contribution >= 0.6 is 0 Å². The fourth-order valence-corrected chi connectivity index (χ4v) is 3.57. The fraction of sp³-hybridized carbons (Fsp3) is 0.611. The van der Waals surface area contributed by atoms with Gasteiger partial charge in [0.2, 0.25) is 0 Å². The van der Waals surface area contributed by atoms with Crippen LogP contribution in [0.2, 0.25) is 0 Å². The molecular formula is C18H26N2O3. The first-order valence-corrected chi connectivity index (χ1v) is 8.38. The Bertz CT molecular complexity index is 551. The van der Waals surface area contributed by atoms with E-state index in [1.54, 1.807) is 14.2 Å². The van der Waals surface area contributed by atoms with Crippen molar-refractivity contribution in [3.63, 3.8) is 0 Å². The summed E-state index contributed by atoms with van der Waals surface area (Å²) >= 11 is 0. The molecule has 1 aromatic rings. The summed E-state index contributed by atoms with van der Waals surface area (Å²) < 4.78 is 11.0. The number of likely N-dealkylation sites (tertiary alicyclic amines) is 1. The Hall–Kier alpha value is -1.75. The Morgan fingerprint density at radius 1 is 1.35 bits per heavy atom. The number of urea groups is 1. The van der Waals surface area contributed by atoms with Gasteiger partial charge in [0.25, 0.3) is 0 Å². The zero-order valence-corrected chi connectivity index (χ0v) is 14.0. The van der Waals surface area contributed by atoms with Crippen molar-refractivity contribution in [2.75, 3.05) is 33.9 Å². The number of methoxy groups -OCH3 is 2. The SMILES string of the molecule is COc1ccccc1C1CCN(C(=O)NCC2(OC)CCC2)C1. The molecule has 0 spiro atoms. The summed E-state index contributed by atoms with van der Waals surface area (Å²) in [5, 5.41) is 3.05. The van der Waals surface area contributed by atoms with Crippen molar-refractivity contribution in [1.82, 2.24) is 10.2 Å². The molecule has 5 heteroatoms. The van der Waals surface area contributed by atoms with E-state index in [4.69, 9.17) is 9.47 Å². The number of rotatable bonds is 5. The first kappa shape index (κ1) is 16.1. The Balaban J connectivity index is 1.56. The van der Waals surface area contributed by atoms with Crippen LogP contribution in [0.1, 0.15) is 37.2 Å². The molecule has 1 heterocycles. The monoisotopic (exact) mass is 318 g/mol. The van der Waals surface area contributed by atoms with Gasteiger partial charge in [-0.25, -0.2) is 4.79 Å². The lowest BCUT2D eigenvalue weighted by Gasteiger charge is -2.40. The van der Waals surface area contributed by atoms with E-state index in [0.717, 1.165) is 38.1 Å². The van der Waals surface area contributed by atoms with Crippen LogP contribution in [0.15, 0.2) is 24.3 Å². The molecule has 2 fully saturated rings. The number of amides is 2. The highest BCUT2D eigenvalue weighted by Gasteiger charge is 2.38. The minimum atomic E-state index is -0.128. The van der Waals surface area contributed by atoms with Gasteiger partial charge >= 0.3 is 6.03 Å². The van der Waals surface area contributed by atoms with Gasteiger partial charge in [0.15, 0.2) is 0 Å². The molecule has 1 atom stereocenters. The second kappa shape index (κ2) is 6.79. The molecule has 1 aliphatic heterocycles. The van der Waals surface area contributed by atoms with E-state index >= 15 is 0 Å². The number of benzene rings is 1. The van der Waals surface area contributed by atoms with Gasteiger partial charge in [0.05, 0.1) is 12.7 Å². The summed E-state index contributed by atoms with van der Waals surface area (Å²) in [5.41, 5.74) is 1.06. The first-order valence-electron chi connectivity index (χ1n) is 8.38. The molecule has 0 radical (unpaired) electrons. The van der Waals surface area contributed by atoms with Gasteiger partial charge < -0.3 is 19.7 Å². The number of ether oxygens (including phenoxy) is 2. The molecule has 126 valence electrons. The van der Waals surface area contributed by atoms with E-state index in [1.807, 2.05) is 23.1 Å². The molecule has 1 saturated heterocycles. The van der Waals surface area contributed by atoms with Gasteiger partial charge in [-0.15, -0.1) is 0 Å². The van der Waals surface area contributed by atoms with Crippen LogP contribution in [0.25, 0.3) is 0 Å². The van der Waals surface area contributed by atoms with Crippen molar-refractivity contribution in [3.8, 4) is 5.75 Å². The number of carbonyl (C=O) groups excluding carboxylic acids is 1. The Morgan fingerprint density at radius 3 is 2.78 bits per heavy atom. The van der Waals surface area contributed by atoms with Gasteiger partial charge in [-0.1, -0.05) is 18.2 Å². The van der Waals surface area contributed by atoms with Crippen LogP contribution in [0.5, 0.6) is 5.75 Å². The van der Waals surface area contributed by atoms with Crippen LogP contribution in [-0.2, 0) is 4.74 Å². The largest absolute Gasteiger partial charge is 0.496 e. The molecule has 5 nitrogen and oxygen atoms in total. The van der Waals surface area contributed by atoms with Gasteiger partial charge in [-0.05, 0) is 37.3 Å². The summed E-state index contributed by atoms with van der Waals surface area (Å²) in [7, 11) is 3.43. The molecule has 1 N–H and O–H groups in total. The number of carbonyl (C=O) groups is 1. The number of nitrogens with one attached hydrogen (secondary N) is 1. The molecule has 1 aliphatic carbocycles. The van der Waals surface area contributed by atoms with Crippen molar-refractivity contribution >= 4 is 6.03 Å². The quantitative estimate of drug-likeness (QED) is 0.908. The highest BCUT2D eigenvalue weighted by molar-refractivity contribution is 5.74. The fourth-order valence-electron chi connectivity index (χ4n) is 3.57. The van der Waals surface area contributed by atoms with E-state index in [0.29, 0.717) is 12.5 Å². The summed E-state index contributed by atoms with van der Waals surface area (Å²) in [6.07, 6.45) is 4.23. The summed E-state index contributed by atoms with van der Waals surface area (Å²) in [5.74, 6) is 1.25. The van der Waals surface area contributed by atoms with E-state index in [1.165, 1.54) is 12.0 Å².